The molecule has 3 heterocycles. The molecule has 7 heteroatoms. The van der Waals surface area contributed by atoms with Crippen LogP contribution < -0.4 is 15.5 Å². The Kier molecular flexibility index (Phi) is 6.40. The van der Waals surface area contributed by atoms with Crippen LogP contribution in [0.4, 0.5) is 17.1 Å². The third kappa shape index (κ3) is 4.46. The smallest absolute Gasteiger partial charge is 0.261 e. The van der Waals surface area contributed by atoms with Gasteiger partial charge in [0, 0.05) is 49.9 Å². The van der Waals surface area contributed by atoms with Crippen molar-refractivity contribution in [1.82, 2.24) is 4.90 Å². The second kappa shape index (κ2) is 9.75. The number of carbonyl (C=O) groups is 1. The predicted octanol–water partition coefficient (Wildman–Crippen LogP) is 5.29. The molecule has 0 radical (unpaired) electrons. The van der Waals surface area contributed by atoms with E-state index in [1.807, 2.05) is 6.07 Å². The van der Waals surface area contributed by atoms with Crippen molar-refractivity contribution in [3.8, 4) is 0 Å². The number of hydrogen-bond donors (Lipinski definition) is 1. The van der Waals surface area contributed by atoms with Crippen LogP contribution in [-0.4, -0.2) is 49.8 Å². The number of rotatable bonds is 4. The number of nitrogens with zero attached hydrogens (tertiary/aromatic N) is 3. The molecule has 1 aliphatic carbocycles. The lowest BCUT2D eigenvalue weighted by atomic mass is 9.68. The average molecular weight is 517 g/mol. The molecule has 2 N–H and O–H groups in total. The summed E-state index contributed by atoms with van der Waals surface area (Å²) in [5.74, 6) is 0.788. The van der Waals surface area contributed by atoms with Gasteiger partial charge in [0.05, 0.1) is 11.4 Å². The van der Waals surface area contributed by atoms with Crippen molar-refractivity contribution < 1.29 is 14.3 Å². The summed E-state index contributed by atoms with van der Waals surface area (Å²) in [6, 6.07) is 12.6. The molecular formula is C31H40N4O3. The molecule has 0 bridgehead atoms. The number of carbonyl (C=O) groups excluding carboxylic acids is 1. The average Bonchev–Trinajstić information content (AvgIpc) is 3.39. The van der Waals surface area contributed by atoms with E-state index in [4.69, 9.17) is 15.2 Å². The van der Waals surface area contributed by atoms with Gasteiger partial charge in [0.15, 0.2) is 0 Å². The normalized spacial score (nSPS) is 25.0. The van der Waals surface area contributed by atoms with E-state index in [1.165, 1.54) is 30.5 Å². The first kappa shape index (κ1) is 25.0. The highest BCUT2D eigenvalue weighted by molar-refractivity contribution is 5.99. The van der Waals surface area contributed by atoms with Gasteiger partial charge in [-0.2, -0.15) is 0 Å². The molecule has 1 amide bonds. The van der Waals surface area contributed by atoms with Crippen molar-refractivity contribution in [2.75, 3.05) is 48.3 Å². The highest BCUT2D eigenvalue weighted by atomic mass is 16.7. The Morgan fingerprint density at radius 3 is 2.45 bits per heavy atom. The Labute approximate surface area is 226 Å². The van der Waals surface area contributed by atoms with E-state index in [9.17, 15) is 4.79 Å². The van der Waals surface area contributed by atoms with Crippen molar-refractivity contribution in [2.45, 2.75) is 59.2 Å². The molecule has 0 spiro atoms. The zero-order chi connectivity index (χ0) is 26.4. The molecule has 2 aromatic rings. The van der Waals surface area contributed by atoms with E-state index in [-0.39, 0.29) is 17.6 Å². The molecule has 38 heavy (non-hydrogen) atoms. The lowest BCUT2D eigenvalue weighted by molar-refractivity contribution is -0.128. The van der Waals surface area contributed by atoms with Gasteiger partial charge >= 0.3 is 0 Å². The molecule has 6 rings (SSSR count). The molecule has 2 aromatic carbocycles. The summed E-state index contributed by atoms with van der Waals surface area (Å²) in [6.45, 7) is 11.0. The third-order valence-electron chi connectivity index (χ3n) is 9.13. The van der Waals surface area contributed by atoms with Crippen LogP contribution in [0.2, 0.25) is 0 Å². The van der Waals surface area contributed by atoms with E-state index in [2.05, 4.69) is 60.9 Å². The van der Waals surface area contributed by atoms with Gasteiger partial charge in [0.1, 0.15) is 6.26 Å². The molecule has 202 valence electrons. The number of aryl methyl sites for hydroxylation is 1. The standard InChI is InChI=1S/C31H40N4O3/c1-21-8-4-5-10-26(21)33-14-16-34(17-15-33)27-18-22-11-13-35(29(36)23(22)19-25(27)32)28-20-37-30(38-28)24-9-6-7-12-31(24,2)3/h4-5,8,10,18-20,24,30H,6-7,9,11-17,32H2,1-3H3/t24-,30?/m1/s1. The van der Waals surface area contributed by atoms with Crippen LogP contribution >= 0.6 is 0 Å². The van der Waals surface area contributed by atoms with Gasteiger partial charge in [-0.15, -0.1) is 0 Å². The maximum atomic E-state index is 13.6. The molecule has 1 saturated carbocycles. The molecule has 2 fully saturated rings. The van der Waals surface area contributed by atoms with Crippen molar-refractivity contribution in [3.63, 3.8) is 0 Å². The van der Waals surface area contributed by atoms with Gasteiger partial charge in [-0.25, -0.2) is 0 Å². The van der Waals surface area contributed by atoms with Crippen molar-refractivity contribution in [2.24, 2.45) is 11.3 Å². The van der Waals surface area contributed by atoms with Gasteiger partial charge in [0.25, 0.3) is 5.91 Å². The summed E-state index contributed by atoms with van der Waals surface area (Å²) in [7, 11) is 0. The lowest BCUT2D eigenvalue weighted by Crippen LogP contribution is -2.47. The molecule has 0 aromatic heterocycles. The molecular weight excluding hydrogens is 476 g/mol. The summed E-state index contributed by atoms with van der Waals surface area (Å²) < 4.78 is 12.3. The number of nitrogen functional groups attached to an aromatic ring is 1. The Bertz CT molecular complexity index is 1250. The SMILES string of the molecule is Cc1ccccc1N1CCN(c2cc3c(cc2N)C(=O)N(C2=COC([C@H]4CCCCC4(C)C)O2)CC3)CC1. The monoisotopic (exact) mass is 516 g/mol. The van der Waals surface area contributed by atoms with Gasteiger partial charge in [-0.1, -0.05) is 44.9 Å². The predicted molar refractivity (Wildman–Crippen MR) is 151 cm³/mol. The fourth-order valence-corrected chi connectivity index (χ4v) is 6.75. The number of nitrogens with two attached hydrogens (primary N) is 1. The number of para-hydroxylation sites is 1. The maximum Gasteiger partial charge on any atom is 0.261 e. The first-order valence-corrected chi connectivity index (χ1v) is 14.1. The first-order valence-electron chi connectivity index (χ1n) is 14.1. The van der Waals surface area contributed by atoms with Gasteiger partial charge in [-0.05, 0) is 60.9 Å². The minimum absolute atomic E-state index is 0.0627. The Hall–Kier alpha value is -3.35. The second-order valence-electron chi connectivity index (χ2n) is 12.0. The summed E-state index contributed by atoms with van der Waals surface area (Å²) in [5, 5.41) is 0. The molecule has 1 unspecified atom stereocenters. The van der Waals surface area contributed by atoms with E-state index in [1.54, 1.807) is 11.2 Å². The third-order valence-corrected chi connectivity index (χ3v) is 9.13. The largest absolute Gasteiger partial charge is 0.457 e. The van der Waals surface area contributed by atoms with Crippen LogP contribution in [0, 0.1) is 18.3 Å². The van der Waals surface area contributed by atoms with Crippen LogP contribution in [0.1, 0.15) is 61.0 Å². The van der Waals surface area contributed by atoms with Crippen molar-refractivity contribution in [1.29, 1.82) is 0 Å². The van der Waals surface area contributed by atoms with E-state index in [0.29, 0.717) is 29.6 Å². The second-order valence-corrected chi connectivity index (χ2v) is 12.0. The Morgan fingerprint density at radius 2 is 1.71 bits per heavy atom. The molecule has 4 aliphatic rings. The Morgan fingerprint density at radius 1 is 0.974 bits per heavy atom. The fraction of sp³-hybridized carbons (Fsp3) is 0.516. The van der Waals surface area contributed by atoms with E-state index >= 15 is 0 Å². The zero-order valence-electron chi connectivity index (χ0n) is 22.9. The minimum Gasteiger partial charge on any atom is -0.457 e. The molecule has 1 saturated heterocycles. The zero-order valence-corrected chi connectivity index (χ0v) is 22.9. The first-order chi connectivity index (χ1) is 18.3. The van der Waals surface area contributed by atoms with Crippen molar-refractivity contribution >= 4 is 23.0 Å². The Balaban J connectivity index is 1.13. The number of benzene rings is 2. The lowest BCUT2D eigenvalue weighted by Gasteiger charge is -2.40. The number of amides is 1. The highest BCUT2D eigenvalue weighted by Gasteiger charge is 2.43. The van der Waals surface area contributed by atoms with Crippen LogP contribution in [-0.2, 0) is 15.9 Å². The summed E-state index contributed by atoms with van der Waals surface area (Å²) in [6.07, 6.45) is 6.81. The number of hydrogen-bond acceptors (Lipinski definition) is 6. The number of anilines is 3. The van der Waals surface area contributed by atoms with Crippen LogP contribution in [0.5, 0.6) is 0 Å². The van der Waals surface area contributed by atoms with Crippen LogP contribution in [0.3, 0.4) is 0 Å². The highest BCUT2D eigenvalue weighted by Crippen LogP contribution is 2.45. The summed E-state index contributed by atoms with van der Waals surface area (Å²) >= 11 is 0. The van der Waals surface area contributed by atoms with Crippen molar-refractivity contribution in [3.05, 3.63) is 65.2 Å². The molecule has 3 aliphatic heterocycles. The van der Waals surface area contributed by atoms with E-state index < -0.39 is 0 Å². The maximum absolute atomic E-state index is 13.6. The van der Waals surface area contributed by atoms with Crippen LogP contribution in [0.15, 0.2) is 48.5 Å². The van der Waals surface area contributed by atoms with E-state index in [0.717, 1.165) is 50.3 Å². The topological polar surface area (TPSA) is 71.3 Å². The number of ether oxygens (including phenoxy) is 2. The van der Waals surface area contributed by atoms with Crippen LogP contribution in [0.25, 0.3) is 0 Å². The minimum atomic E-state index is -0.319. The number of piperazine rings is 1. The fourth-order valence-electron chi connectivity index (χ4n) is 6.75. The summed E-state index contributed by atoms with van der Waals surface area (Å²) in [5.41, 5.74) is 12.8. The molecule has 2 atom stereocenters. The quantitative estimate of drug-likeness (QED) is 0.557. The number of fused-ring (bicyclic) bond motifs is 1. The van der Waals surface area contributed by atoms with Gasteiger partial charge in [-0.3, -0.25) is 9.69 Å². The van der Waals surface area contributed by atoms with Gasteiger partial charge in [0.2, 0.25) is 12.2 Å². The molecule has 7 nitrogen and oxygen atoms in total. The van der Waals surface area contributed by atoms with Gasteiger partial charge < -0.3 is 25.0 Å². The summed E-state index contributed by atoms with van der Waals surface area (Å²) in [4.78, 5) is 20.1.